The summed E-state index contributed by atoms with van der Waals surface area (Å²) in [6, 6.07) is 2.53. The molecule has 1 heterocycles. The first-order chi connectivity index (χ1) is 9.52. The molecule has 2 aromatic rings. The van der Waals surface area contributed by atoms with E-state index < -0.39 is 10.5 Å². The van der Waals surface area contributed by atoms with E-state index in [4.69, 9.17) is 5.11 Å². The maximum atomic E-state index is 11.6. The summed E-state index contributed by atoms with van der Waals surface area (Å²) in [5, 5.41) is 23.1. The number of hydrogen-bond donors (Lipinski definition) is 3. The summed E-state index contributed by atoms with van der Waals surface area (Å²) in [4.78, 5) is 28.5. The smallest absolute Gasteiger partial charge is 0.293 e. The number of aromatic nitrogens is 2. The molecular formula is C12H14N4O4. The quantitative estimate of drug-likeness (QED) is 0.554. The Balaban J connectivity index is 2.54. The number of rotatable bonds is 5. The van der Waals surface area contributed by atoms with Gasteiger partial charge in [0.1, 0.15) is 5.69 Å². The van der Waals surface area contributed by atoms with Crippen molar-refractivity contribution in [3.8, 4) is 0 Å². The Hall–Kier alpha value is -2.48. The molecule has 1 atom stereocenters. The molecule has 0 radical (unpaired) electrons. The van der Waals surface area contributed by atoms with Crippen LogP contribution in [0.25, 0.3) is 10.9 Å². The van der Waals surface area contributed by atoms with E-state index in [1.165, 1.54) is 18.5 Å². The van der Waals surface area contributed by atoms with Crippen molar-refractivity contribution in [1.82, 2.24) is 9.97 Å². The first kappa shape index (κ1) is 13.9. The van der Waals surface area contributed by atoms with Gasteiger partial charge in [-0.25, -0.2) is 4.98 Å². The average Bonchev–Trinajstić information content (AvgIpc) is 2.38. The highest BCUT2D eigenvalue weighted by molar-refractivity contribution is 5.86. The fourth-order valence-electron chi connectivity index (χ4n) is 1.90. The number of H-pyrrole nitrogens is 1. The van der Waals surface area contributed by atoms with E-state index in [0.29, 0.717) is 11.9 Å². The van der Waals surface area contributed by atoms with Gasteiger partial charge < -0.3 is 15.4 Å². The Morgan fingerprint density at radius 1 is 1.55 bits per heavy atom. The average molecular weight is 278 g/mol. The van der Waals surface area contributed by atoms with Crippen molar-refractivity contribution < 1.29 is 10.0 Å². The van der Waals surface area contributed by atoms with Crippen LogP contribution in [0.3, 0.4) is 0 Å². The molecule has 1 aromatic carbocycles. The molecule has 8 nitrogen and oxygen atoms in total. The predicted molar refractivity (Wildman–Crippen MR) is 73.8 cm³/mol. The van der Waals surface area contributed by atoms with Gasteiger partial charge in [-0.15, -0.1) is 0 Å². The lowest BCUT2D eigenvalue weighted by molar-refractivity contribution is -0.383. The maximum absolute atomic E-state index is 11.6. The van der Waals surface area contributed by atoms with Crippen molar-refractivity contribution in [1.29, 1.82) is 0 Å². The Labute approximate surface area is 113 Å². The zero-order valence-electron chi connectivity index (χ0n) is 10.8. The van der Waals surface area contributed by atoms with Gasteiger partial charge in [0.25, 0.3) is 11.2 Å². The van der Waals surface area contributed by atoms with Gasteiger partial charge in [-0.3, -0.25) is 14.9 Å². The molecule has 0 aliphatic carbocycles. The normalized spacial score (nSPS) is 12.3. The number of anilines is 1. The predicted octanol–water partition coefficient (Wildman–Crippen LogP) is 1.01. The number of fused-ring (bicyclic) bond motifs is 1. The monoisotopic (exact) mass is 278 g/mol. The van der Waals surface area contributed by atoms with Gasteiger partial charge in [-0.2, -0.15) is 0 Å². The third-order valence-corrected chi connectivity index (χ3v) is 2.92. The van der Waals surface area contributed by atoms with Crippen molar-refractivity contribution in [2.45, 2.75) is 19.4 Å². The largest absolute Gasteiger partial charge is 0.396 e. The fraction of sp³-hybridized carbons (Fsp3) is 0.333. The third kappa shape index (κ3) is 2.75. The zero-order valence-corrected chi connectivity index (χ0v) is 10.8. The lowest BCUT2D eigenvalue weighted by Crippen LogP contribution is -2.18. The molecule has 1 unspecified atom stereocenters. The van der Waals surface area contributed by atoms with Crippen LogP contribution in [0.2, 0.25) is 0 Å². The van der Waals surface area contributed by atoms with Crippen LogP contribution in [-0.4, -0.2) is 32.6 Å². The minimum Gasteiger partial charge on any atom is -0.396 e. The minimum absolute atomic E-state index is 0.0204. The number of nitro benzene ring substituents is 1. The molecule has 0 fully saturated rings. The van der Waals surface area contributed by atoms with Crippen molar-refractivity contribution >= 4 is 22.3 Å². The van der Waals surface area contributed by atoms with E-state index in [0.717, 1.165) is 0 Å². The molecule has 0 saturated heterocycles. The number of aromatic amines is 1. The van der Waals surface area contributed by atoms with Crippen LogP contribution >= 0.6 is 0 Å². The minimum atomic E-state index is -0.556. The Morgan fingerprint density at radius 2 is 2.30 bits per heavy atom. The zero-order chi connectivity index (χ0) is 14.7. The molecular weight excluding hydrogens is 264 g/mol. The molecule has 106 valence electrons. The van der Waals surface area contributed by atoms with Crippen LogP contribution in [0.1, 0.15) is 13.3 Å². The molecule has 2 rings (SSSR count). The van der Waals surface area contributed by atoms with Crippen molar-refractivity contribution in [2.24, 2.45) is 0 Å². The number of nitro groups is 1. The standard InChI is InChI=1S/C12H14N4O4/c1-7(2-3-17)15-10-5-9-8(4-11(10)16(19)20)12(18)14-6-13-9/h4-7,15,17H,2-3H2,1H3,(H,13,14,18). The van der Waals surface area contributed by atoms with Gasteiger partial charge in [0.15, 0.2) is 0 Å². The second kappa shape index (κ2) is 5.66. The highest BCUT2D eigenvalue weighted by Gasteiger charge is 2.18. The Bertz CT molecular complexity index is 697. The molecule has 1 aromatic heterocycles. The Morgan fingerprint density at radius 3 is 2.95 bits per heavy atom. The van der Waals surface area contributed by atoms with Gasteiger partial charge in [-0.1, -0.05) is 0 Å². The summed E-state index contributed by atoms with van der Waals surface area (Å²) in [6.07, 6.45) is 1.70. The highest BCUT2D eigenvalue weighted by atomic mass is 16.6. The molecule has 20 heavy (non-hydrogen) atoms. The van der Waals surface area contributed by atoms with Crippen molar-refractivity contribution in [3.05, 3.63) is 38.9 Å². The Kier molecular flexibility index (Phi) is 3.94. The van der Waals surface area contributed by atoms with Crippen molar-refractivity contribution in [3.63, 3.8) is 0 Å². The van der Waals surface area contributed by atoms with E-state index in [1.807, 2.05) is 0 Å². The van der Waals surface area contributed by atoms with Crippen LogP contribution in [0.4, 0.5) is 11.4 Å². The third-order valence-electron chi connectivity index (χ3n) is 2.92. The first-order valence-electron chi connectivity index (χ1n) is 6.06. The summed E-state index contributed by atoms with van der Waals surface area (Å²) < 4.78 is 0. The van der Waals surface area contributed by atoms with Crippen LogP contribution < -0.4 is 10.9 Å². The van der Waals surface area contributed by atoms with Gasteiger partial charge in [0, 0.05) is 18.7 Å². The van der Waals surface area contributed by atoms with Gasteiger partial charge in [0.2, 0.25) is 0 Å². The highest BCUT2D eigenvalue weighted by Crippen LogP contribution is 2.28. The maximum Gasteiger partial charge on any atom is 0.293 e. The van der Waals surface area contributed by atoms with Gasteiger partial charge in [0.05, 0.1) is 22.2 Å². The van der Waals surface area contributed by atoms with Gasteiger partial charge >= 0.3 is 0 Å². The molecule has 0 amide bonds. The topological polar surface area (TPSA) is 121 Å². The SMILES string of the molecule is CC(CCO)Nc1cc2nc[nH]c(=O)c2cc1[N+](=O)[O-]. The molecule has 3 N–H and O–H groups in total. The summed E-state index contributed by atoms with van der Waals surface area (Å²) in [5.74, 6) is 0. The van der Waals surface area contributed by atoms with E-state index in [9.17, 15) is 14.9 Å². The van der Waals surface area contributed by atoms with Gasteiger partial charge in [-0.05, 0) is 19.4 Å². The molecule has 0 spiro atoms. The van der Waals surface area contributed by atoms with Crippen molar-refractivity contribution in [2.75, 3.05) is 11.9 Å². The first-order valence-corrected chi connectivity index (χ1v) is 6.06. The molecule has 8 heteroatoms. The number of nitrogens with one attached hydrogen (secondary N) is 2. The van der Waals surface area contributed by atoms with E-state index >= 15 is 0 Å². The summed E-state index contributed by atoms with van der Waals surface area (Å²) in [7, 11) is 0. The second-order valence-electron chi connectivity index (χ2n) is 4.43. The van der Waals surface area contributed by atoms with E-state index in [2.05, 4.69) is 15.3 Å². The lowest BCUT2D eigenvalue weighted by Gasteiger charge is -2.14. The van der Waals surface area contributed by atoms with E-state index in [-0.39, 0.29) is 29.4 Å². The van der Waals surface area contributed by atoms with Crippen LogP contribution in [0.15, 0.2) is 23.3 Å². The summed E-state index contributed by atoms with van der Waals surface area (Å²) in [6.45, 7) is 1.78. The van der Waals surface area contributed by atoms with Crippen LogP contribution in [0.5, 0.6) is 0 Å². The molecule has 0 bridgehead atoms. The van der Waals surface area contributed by atoms with Crippen LogP contribution in [0, 0.1) is 10.1 Å². The van der Waals surface area contributed by atoms with Crippen LogP contribution in [-0.2, 0) is 0 Å². The number of aliphatic hydroxyl groups is 1. The number of nitrogens with zero attached hydrogens (tertiary/aromatic N) is 2. The number of hydrogen-bond acceptors (Lipinski definition) is 6. The number of benzene rings is 1. The summed E-state index contributed by atoms with van der Waals surface area (Å²) >= 11 is 0. The fourth-order valence-corrected chi connectivity index (χ4v) is 1.90. The molecule has 0 aliphatic heterocycles. The second-order valence-corrected chi connectivity index (χ2v) is 4.43. The number of aliphatic hydroxyl groups excluding tert-OH is 1. The molecule has 0 saturated carbocycles. The molecule has 0 aliphatic rings. The lowest BCUT2D eigenvalue weighted by atomic mass is 10.1. The summed E-state index contributed by atoms with van der Waals surface area (Å²) in [5.41, 5.74) is 0.0356. The van der Waals surface area contributed by atoms with E-state index in [1.54, 1.807) is 6.92 Å².